The maximum absolute atomic E-state index is 13.3. The lowest BCUT2D eigenvalue weighted by atomic mass is 9.98. The molecule has 0 unspecified atom stereocenters. The van der Waals surface area contributed by atoms with Crippen LogP contribution in [0.4, 0.5) is 0 Å². The fraction of sp³-hybridized carbons (Fsp3) is 0.565. The van der Waals surface area contributed by atoms with Crippen molar-refractivity contribution in [2.45, 2.75) is 70.9 Å². The minimum absolute atomic E-state index is 0.0153. The number of rotatable bonds is 4. The predicted octanol–water partition coefficient (Wildman–Crippen LogP) is 2.40. The molecule has 7 nitrogen and oxygen atoms in total. The van der Waals surface area contributed by atoms with E-state index < -0.39 is 0 Å². The van der Waals surface area contributed by atoms with E-state index in [2.05, 4.69) is 52.6 Å². The van der Waals surface area contributed by atoms with Crippen LogP contribution in [-0.2, 0) is 0 Å². The monoisotopic (exact) mass is 407 g/mol. The number of aromatic nitrogens is 5. The molecule has 1 aliphatic carbocycles. The first-order valence-corrected chi connectivity index (χ1v) is 11.4. The number of hydrogen-bond donors (Lipinski definition) is 2. The van der Waals surface area contributed by atoms with E-state index in [4.69, 9.17) is 0 Å². The highest BCUT2D eigenvalue weighted by atomic mass is 16.1. The molecular weight excluding hydrogens is 376 g/mol. The van der Waals surface area contributed by atoms with Gasteiger partial charge in [-0.25, -0.2) is 4.68 Å². The summed E-state index contributed by atoms with van der Waals surface area (Å²) in [5.41, 5.74) is 4.01. The molecule has 0 radical (unpaired) electrons. The van der Waals surface area contributed by atoms with E-state index >= 15 is 0 Å². The number of fused-ring (bicyclic) bond motifs is 1. The molecule has 0 bridgehead atoms. The normalized spacial score (nSPS) is 19.5. The molecule has 158 valence electrons. The largest absolute Gasteiger partial charge is 0.322 e. The van der Waals surface area contributed by atoms with Crippen molar-refractivity contribution in [2.24, 2.45) is 0 Å². The van der Waals surface area contributed by atoms with Crippen molar-refractivity contribution in [3.8, 4) is 0 Å². The summed E-state index contributed by atoms with van der Waals surface area (Å²) in [5.74, 6) is 0.855. The number of piperidine rings is 1. The van der Waals surface area contributed by atoms with Gasteiger partial charge in [-0.15, -0.1) is 5.10 Å². The van der Waals surface area contributed by atoms with Gasteiger partial charge in [0, 0.05) is 0 Å². The molecule has 2 aliphatic rings. The first kappa shape index (κ1) is 19.4. The van der Waals surface area contributed by atoms with Gasteiger partial charge < -0.3 is 9.88 Å². The van der Waals surface area contributed by atoms with Crippen LogP contribution >= 0.6 is 0 Å². The first-order valence-electron chi connectivity index (χ1n) is 11.4. The topological polar surface area (TPSA) is 80.9 Å². The van der Waals surface area contributed by atoms with E-state index in [1.165, 1.54) is 42.6 Å². The molecule has 1 saturated heterocycles. The van der Waals surface area contributed by atoms with Gasteiger partial charge in [0.2, 0.25) is 5.82 Å². The fourth-order valence-corrected chi connectivity index (χ4v) is 5.55. The zero-order valence-electron chi connectivity index (χ0n) is 17.9. The summed E-state index contributed by atoms with van der Waals surface area (Å²) >= 11 is 0. The fourth-order valence-electron chi connectivity index (χ4n) is 5.55. The highest BCUT2D eigenvalue weighted by Gasteiger charge is 2.36. The molecule has 2 N–H and O–H groups in total. The van der Waals surface area contributed by atoms with Gasteiger partial charge in [-0.05, 0) is 79.5 Å². The highest BCUT2D eigenvalue weighted by Crippen LogP contribution is 2.31. The van der Waals surface area contributed by atoms with E-state index in [1.54, 1.807) is 0 Å². The average molecular weight is 408 g/mol. The Kier molecular flexibility index (Phi) is 5.15. The van der Waals surface area contributed by atoms with Crippen LogP contribution in [0.5, 0.6) is 0 Å². The first-order chi connectivity index (χ1) is 14.6. The zero-order chi connectivity index (χ0) is 20.7. The van der Waals surface area contributed by atoms with Crippen molar-refractivity contribution in [1.29, 1.82) is 0 Å². The van der Waals surface area contributed by atoms with Gasteiger partial charge >= 0.3 is 0 Å². The predicted molar refractivity (Wildman–Crippen MR) is 116 cm³/mol. The smallest absolute Gasteiger partial charge is 0.258 e. The van der Waals surface area contributed by atoms with E-state index in [0.29, 0.717) is 6.04 Å². The summed E-state index contributed by atoms with van der Waals surface area (Å²) in [6.07, 6.45) is 8.30. The van der Waals surface area contributed by atoms with Crippen LogP contribution in [0.3, 0.4) is 0 Å². The third-order valence-electron chi connectivity index (χ3n) is 6.98. The molecule has 1 aromatic carbocycles. The highest BCUT2D eigenvalue weighted by molar-refractivity contribution is 5.83. The molecule has 0 spiro atoms. The molecule has 3 heterocycles. The number of benzene rings is 1. The van der Waals surface area contributed by atoms with Crippen LogP contribution in [0.25, 0.3) is 10.9 Å². The van der Waals surface area contributed by atoms with Crippen LogP contribution in [-0.4, -0.2) is 38.3 Å². The van der Waals surface area contributed by atoms with Crippen molar-refractivity contribution in [1.82, 2.24) is 25.2 Å². The van der Waals surface area contributed by atoms with Crippen molar-refractivity contribution in [2.75, 3.05) is 13.1 Å². The summed E-state index contributed by atoms with van der Waals surface area (Å²) in [4.78, 5) is 17.9. The Bertz CT molecular complexity index is 1100. The lowest BCUT2D eigenvalue weighted by Gasteiger charge is -2.31. The summed E-state index contributed by atoms with van der Waals surface area (Å²) in [6, 6.07) is 6.59. The van der Waals surface area contributed by atoms with Crippen LogP contribution in [0.15, 0.2) is 23.0 Å². The Morgan fingerprint density at radius 3 is 2.60 bits per heavy atom. The quantitative estimate of drug-likeness (QED) is 0.696. The number of likely N-dealkylation sites (tertiary alicyclic amines) is 1. The Morgan fingerprint density at radius 2 is 1.83 bits per heavy atom. The van der Waals surface area contributed by atoms with Gasteiger partial charge in [0.25, 0.3) is 5.56 Å². The molecule has 30 heavy (non-hydrogen) atoms. The standard InChI is InChI=1S/C23H30N6O/c1-15-12-16(2)20-17(13-15)14-19(23(30)24-20)21(28-10-6-3-7-11-28)22-25-26-27-29(22)18-8-4-5-9-18/h12-14,18,21H,3-11H2,1-2H3,(H,24,30)/p+1/t21-/m0/s1. The Labute approximate surface area is 176 Å². The average Bonchev–Trinajstić information content (AvgIpc) is 3.42. The second-order valence-corrected chi connectivity index (χ2v) is 9.17. The van der Waals surface area contributed by atoms with Crippen molar-refractivity contribution >= 4 is 10.9 Å². The van der Waals surface area contributed by atoms with Crippen LogP contribution in [0, 0.1) is 13.8 Å². The van der Waals surface area contributed by atoms with Gasteiger partial charge in [0.15, 0.2) is 6.04 Å². The third-order valence-corrected chi connectivity index (χ3v) is 6.98. The number of nitrogens with zero attached hydrogens (tertiary/aromatic N) is 4. The van der Waals surface area contributed by atoms with Crippen LogP contribution in [0.1, 0.15) is 79.5 Å². The van der Waals surface area contributed by atoms with Crippen molar-refractivity contribution < 1.29 is 4.90 Å². The molecule has 1 aliphatic heterocycles. The summed E-state index contributed by atoms with van der Waals surface area (Å²) in [5, 5.41) is 14.0. The van der Waals surface area contributed by atoms with Gasteiger partial charge in [-0.1, -0.05) is 24.5 Å². The Morgan fingerprint density at radius 1 is 1.07 bits per heavy atom. The maximum Gasteiger partial charge on any atom is 0.258 e. The molecule has 3 aromatic rings. The summed E-state index contributed by atoms with van der Waals surface area (Å²) < 4.78 is 2.03. The number of tetrazole rings is 1. The lowest BCUT2D eigenvalue weighted by Crippen LogP contribution is -3.13. The summed E-state index contributed by atoms with van der Waals surface area (Å²) in [6.45, 7) is 6.25. The molecule has 2 aromatic heterocycles. The molecule has 2 fully saturated rings. The van der Waals surface area contributed by atoms with E-state index in [-0.39, 0.29) is 11.6 Å². The number of aryl methyl sites for hydroxylation is 2. The van der Waals surface area contributed by atoms with E-state index in [1.807, 2.05) is 4.68 Å². The number of pyridine rings is 1. The van der Waals surface area contributed by atoms with E-state index in [0.717, 1.165) is 53.8 Å². The Hall–Kier alpha value is -2.54. The number of hydrogen-bond acceptors (Lipinski definition) is 4. The second kappa shape index (κ2) is 7.95. The molecule has 5 rings (SSSR count). The van der Waals surface area contributed by atoms with Gasteiger partial charge in [-0.3, -0.25) is 4.79 Å². The lowest BCUT2D eigenvalue weighted by molar-refractivity contribution is -0.931. The number of quaternary nitrogens is 1. The van der Waals surface area contributed by atoms with Crippen molar-refractivity contribution in [3.63, 3.8) is 0 Å². The minimum atomic E-state index is -0.130. The Balaban J connectivity index is 1.67. The van der Waals surface area contributed by atoms with Crippen LogP contribution in [0.2, 0.25) is 0 Å². The van der Waals surface area contributed by atoms with Crippen molar-refractivity contribution in [3.05, 3.63) is 51.1 Å². The van der Waals surface area contributed by atoms with E-state index in [9.17, 15) is 4.79 Å². The van der Waals surface area contributed by atoms with Gasteiger partial charge in [-0.2, -0.15) is 0 Å². The number of nitrogens with one attached hydrogen (secondary N) is 2. The number of aromatic amines is 1. The molecule has 7 heteroatoms. The zero-order valence-corrected chi connectivity index (χ0v) is 17.9. The molecule has 1 saturated carbocycles. The molecule has 0 amide bonds. The SMILES string of the molecule is Cc1cc(C)c2[nH]c(=O)c([C@@H](c3nnnn3C3CCCC3)[NH+]3CCCCC3)cc2c1. The summed E-state index contributed by atoms with van der Waals surface area (Å²) in [7, 11) is 0. The number of H-pyrrole nitrogens is 1. The van der Waals surface area contributed by atoms with Gasteiger partial charge in [0.1, 0.15) is 0 Å². The third kappa shape index (κ3) is 3.45. The second-order valence-electron chi connectivity index (χ2n) is 9.17. The molecular formula is C23H31N6O+. The molecule has 1 atom stereocenters. The van der Waals surface area contributed by atoms with Gasteiger partial charge in [0.05, 0.1) is 30.2 Å². The minimum Gasteiger partial charge on any atom is -0.322 e. The van der Waals surface area contributed by atoms with Crippen LogP contribution < -0.4 is 10.5 Å². The maximum atomic E-state index is 13.3.